The summed E-state index contributed by atoms with van der Waals surface area (Å²) in [7, 11) is -3.31. The van der Waals surface area contributed by atoms with E-state index in [1.54, 1.807) is 18.7 Å². The Hall–Kier alpha value is -0.820. The van der Waals surface area contributed by atoms with Crippen LogP contribution in [0.15, 0.2) is 0 Å². The molecule has 0 radical (unpaired) electrons. The first kappa shape index (κ1) is 17.2. The van der Waals surface area contributed by atoms with Crippen LogP contribution in [0.2, 0.25) is 0 Å². The van der Waals surface area contributed by atoms with Crippen molar-refractivity contribution in [3.63, 3.8) is 0 Å². The van der Waals surface area contributed by atoms with E-state index in [1.165, 1.54) is 0 Å². The van der Waals surface area contributed by atoms with Gasteiger partial charge in [0.15, 0.2) is 0 Å². The molecule has 2 amide bonds. The van der Waals surface area contributed by atoms with Crippen LogP contribution in [0.1, 0.15) is 34.1 Å². The van der Waals surface area contributed by atoms with Crippen LogP contribution >= 0.6 is 0 Å². The van der Waals surface area contributed by atoms with Crippen molar-refractivity contribution in [1.82, 2.24) is 14.9 Å². The molecule has 0 aromatic carbocycles. The first-order chi connectivity index (χ1) is 9.21. The van der Waals surface area contributed by atoms with Gasteiger partial charge in [-0.05, 0) is 32.1 Å². The molecule has 2 atom stereocenters. The molecule has 6 nitrogen and oxygen atoms in total. The van der Waals surface area contributed by atoms with Crippen molar-refractivity contribution in [1.29, 1.82) is 0 Å². The second-order valence-corrected chi connectivity index (χ2v) is 7.89. The Balaban J connectivity index is 2.34. The molecule has 1 aliphatic heterocycles. The molecule has 1 aliphatic rings. The fourth-order valence-corrected chi connectivity index (χ4v) is 3.48. The molecule has 0 aromatic rings. The fraction of sp³-hybridized carbons (Fsp3) is 0.923. The van der Waals surface area contributed by atoms with Gasteiger partial charge in [-0.15, -0.1) is 0 Å². The molecule has 1 rings (SSSR count). The Morgan fingerprint density at radius 2 is 1.95 bits per heavy atom. The molecule has 0 saturated carbocycles. The molecule has 20 heavy (non-hydrogen) atoms. The summed E-state index contributed by atoms with van der Waals surface area (Å²) in [6, 6.07) is -0.288. The van der Waals surface area contributed by atoms with Crippen molar-refractivity contribution in [3.8, 4) is 0 Å². The Bertz CT molecular complexity index is 423. The molecule has 7 heteroatoms. The highest BCUT2D eigenvalue weighted by Crippen LogP contribution is 2.22. The van der Waals surface area contributed by atoms with E-state index in [0.717, 1.165) is 19.5 Å². The Morgan fingerprint density at radius 1 is 1.30 bits per heavy atom. The van der Waals surface area contributed by atoms with Crippen LogP contribution in [0.4, 0.5) is 4.79 Å². The average molecular weight is 305 g/mol. The van der Waals surface area contributed by atoms with Crippen LogP contribution in [-0.4, -0.2) is 50.8 Å². The van der Waals surface area contributed by atoms with Gasteiger partial charge < -0.3 is 10.2 Å². The quantitative estimate of drug-likeness (QED) is 0.795. The first-order valence-electron chi connectivity index (χ1n) is 7.24. The van der Waals surface area contributed by atoms with E-state index in [2.05, 4.69) is 23.9 Å². The van der Waals surface area contributed by atoms with E-state index in [4.69, 9.17) is 0 Å². The smallest absolute Gasteiger partial charge is 0.317 e. The van der Waals surface area contributed by atoms with Gasteiger partial charge in [0.05, 0.1) is 5.75 Å². The largest absolute Gasteiger partial charge is 0.337 e. The predicted octanol–water partition coefficient (Wildman–Crippen LogP) is 1.00. The summed E-state index contributed by atoms with van der Waals surface area (Å²) < 4.78 is 25.7. The maximum atomic E-state index is 12.0. The zero-order valence-corrected chi connectivity index (χ0v) is 13.7. The second-order valence-electron chi connectivity index (χ2n) is 6.01. The fourth-order valence-electron chi connectivity index (χ4n) is 2.27. The van der Waals surface area contributed by atoms with Crippen molar-refractivity contribution < 1.29 is 13.2 Å². The normalized spacial score (nSPS) is 23.9. The highest BCUT2D eigenvalue weighted by molar-refractivity contribution is 7.89. The lowest BCUT2D eigenvalue weighted by Gasteiger charge is -2.35. The van der Waals surface area contributed by atoms with Crippen LogP contribution in [0, 0.1) is 11.8 Å². The topological polar surface area (TPSA) is 78.5 Å². The van der Waals surface area contributed by atoms with Gasteiger partial charge in [-0.2, -0.15) is 0 Å². The Morgan fingerprint density at radius 3 is 2.50 bits per heavy atom. The average Bonchev–Trinajstić information content (AvgIpc) is 2.30. The summed E-state index contributed by atoms with van der Waals surface area (Å²) in [4.78, 5) is 13.7. The summed E-state index contributed by atoms with van der Waals surface area (Å²) in [6.07, 6.45) is 1.00. The van der Waals surface area contributed by atoms with Crippen molar-refractivity contribution >= 4 is 16.1 Å². The number of urea groups is 1. The van der Waals surface area contributed by atoms with Crippen molar-refractivity contribution in [3.05, 3.63) is 0 Å². The van der Waals surface area contributed by atoms with Crippen LogP contribution < -0.4 is 10.0 Å². The molecule has 0 bridgehead atoms. The number of nitrogens with one attached hydrogen (secondary N) is 2. The molecule has 1 saturated heterocycles. The van der Waals surface area contributed by atoms with E-state index in [-0.39, 0.29) is 24.4 Å². The molecule has 2 N–H and O–H groups in total. The minimum absolute atomic E-state index is 0.0866. The van der Waals surface area contributed by atoms with Gasteiger partial charge >= 0.3 is 6.03 Å². The molecular weight excluding hydrogens is 278 g/mol. The van der Waals surface area contributed by atoms with Crippen LogP contribution in [0.25, 0.3) is 0 Å². The summed E-state index contributed by atoms with van der Waals surface area (Å²) in [6.45, 7) is 9.50. The third-order valence-corrected chi connectivity index (χ3v) is 5.26. The third-order valence-electron chi connectivity index (χ3n) is 3.68. The molecule has 0 aliphatic carbocycles. The number of likely N-dealkylation sites (tertiary alicyclic amines) is 1. The van der Waals surface area contributed by atoms with Gasteiger partial charge in [-0.1, -0.05) is 13.8 Å². The number of sulfonamides is 1. The minimum atomic E-state index is -3.31. The van der Waals surface area contributed by atoms with Crippen LogP contribution in [0.5, 0.6) is 0 Å². The first-order valence-corrected chi connectivity index (χ1v) is 8.89. The van der Waals surface area contributed by atoms with Gasteiger partial charge in [0.1, 0.15) is 0 Å². The Labute approximate surface area is 122 Å². The molecule has 1 heterocycles. The number of nitrogens with zero attached hydrogens (tertiary/aromatic N) is 1. The summed E-state index contributed by atoms with van der Waals surface area (Å²) in [5.41, 5.74) is 0. The SMILES string of the molecule is CC(C)NS(=O)(=O)CCNC(=O)N1CC[C@H](C)[C@@H](C)C1. The number of amides is 2. The lowest BCUT2D eigenvalue weighted by atomic mass is 9.89. The lowest BCUT2D eigenvalue weighted by molar-refractivity contribution is 0.145. The van der Waals surface area contributed by atoms with Crippen LogP contribution in [-0.2, 0) is 10.0 Å². The van der Waals surface area contributed by atoms with Gasteiger partial charge in [-0.25, -0.2) is 17.9 Å². The third kappa shape index (κ3) is 5.66. The molecule has 0 unspecified atom stereocenters. The highest BCUT2D eigenvalue weighted by Gasteiger charge is 2.25. The van der Waals surface area contributed by atoms with Crippen molar-refractivity contribution in [2.24, 2.45) is 11.8 Å². The van der Waals surface area contributed by atoms with Crippen molar-refractivity contribution in [2.45, 2.75) is 40.2 Å². The monoisotopic (exact) mass is 305 g/mol. The van der Waals surface area contributed by atoms with E-state index >= 15 is 0 Å². The van der Waals surface area contributed by atoms with E-state index in [0.29, 0.717) is 11.8 Å². The standard InChI is InChI=1S/C13H27N3O3S/c1-10(2)15-20(18,19)8-6-14-13(17)16-7-5-11(3)12(4)9-16/h10-12,15H,5-9H2,1-4H3,(H,14,17)/t11-,12-/m0/s1. The molecule has 118 valence electrons. The predicted molar refractivity (Wildman–Crippen MR) is 80.0 cm³/mol. The van der Waals surface area contributed by atoms with E-state index < -0.39 is 10.0 Å². The van der Waals surface area contributed by atoms with E-state index in [1.807, 2.05) is 0 Å². The number of hydrogen-bond donors (Lipinski definition) is 2. The zero-order valence-electron chi connectivity index (χ0n) is 12.8. The van der Waals surface area contributed by atoms with Gasteiger partial charge in [0.25, 0.3) is 0 Å². The van der Waals surface area contributed by atoms with Crippen molar-refractivity contribution in [2.75, 3.05) is 25.4 Å². The maximum absolute atomic E-state index is 12.0. The maximum Gasteiger partial charge on any atom is 0.317 e. The lowest BCUT2D eigenvalue weighted by Crippen LogP contribution is -2.48. The van der Waals surface area contributed by atoms with Gasteiger partial charge in [0, 0.05) is 25.7 Å². The minimum Gasteiger partial charge on any atom is -0.337 e. The van der Waals surface area contributed by atoms with Crippen LogP contribution in [0.3, 0.4) is 0 Å². The number of carbonyl (C=O) groups excluding carboxylic acids is 1. The zero-order chi connectivity index (χ0) is 15.3. The Kier molecular flexibility index (Phi) is 6.26. The molecule has 0 spiro atoms. The van der Waals surface area contributed by atoms with E-state index in [9.17, 15) is 13.2 Å². The number of rotatable bonds is 5. The number of hydrogen-bond acceptors (Lipinski definition) is 3. The summed E-state index contributed by atoms with van der Waals surface area (Å²) in [5, 5.41) is 2.68. The summed E-state index contributed by atoms with van der Waals surface area (Å²) in [5.74, 6) is 1.03. The second kappa shape index (κ2) is 7.26. The van der Waals surface area contributed by atoms with Gasteiger partial charge in [0.2, 0.25) is 10.0 Å². The molecular formula is C13H27N3O3S. The molecule has 1 fully saturated rings. The highest BCUT2D eigenvalue weighted by atomic mass is 32.2. The summed E-state index contributed by atoms with van der Waals surface area (Å²) >= 11 is 0. The van der Waals surface area contributed by atoms with Gasteiger partial charge in [-0.3, -0.25) is 0 Å². The molecule has 0 aromatic heterocycles. The number of piperidine rings is 1. The number of carbonyl (C=O) groups is 1.